The molecular weight excluding hydrogens is 568 g/mol. The minimum absolute atomic E-state index is 0.0618. The molecule has 0 radical (unpaired) electrons. The molecule has 2 aliphatic rings. The number of benzene rings is 3. The Kier molecular flexibility index (Phi) is 8.41. The molecule has 2 aliphatic heterocycles. The Balaban J connectivity index is 1.27. The summed E-state index contributed by atoms with van der Waals surface area (Å²) < 4.78 is 22.2. The summed E-state index contributed by atoms with van der Waals surface area (Å²) in [5.41, 5.74) is 0.887. The Morgan fingerprint density at radius 3 is 2.35 bits per heavy atom. The second kappa shape index (κ2) is 12.2. The zero-order chi connectivity index (χ0) is 30.8. The van der Waals surface area contributed by atoms with Crippen LogP contribution in [0.15, 0.2) is 60.7 Å². The third kappa shape index (κ3) is 6.49. The lowest BCUT2D eigenvalue weighted by Gasteiger charge is -2.40. The van der Waals surface area contributed by atoms with Crippen molar-refractivity contribution in [2.45, 2.75) is 43.2 Å². The maximum absolute atomic E-state index is 12.8. The summed E-state index contributed by atoms with van der Waals surface area (Å²) >= 11 is 0. The smallest absolute Gasteiger partial charge is 0.330 e. The van der Waals surface area contributed by atoms with Crippen molar-refractivity contribution in [3.63, 3.8) is 0 Å². The molecule has 226 valence electrons. The Hall–Kier alpha value is -4.82. The quantitative estimate of drug-likeness (QED) is 0.118. The first-order chi connectivity index (χ1) is 20.5. The summed E-state index contributed by atoms with van der Waals surface area (Å²) in [5.74, 6) is -2.63. The lowest BCUT2D eigenvalue weighted by Crippen LogP contribution is -2.60. The van der Waals surface area contributed by atoms with Crippen LogP contribution in [0.3, 0.4) is 0 Å². The van der Waals surface area contributed by atoms with Crippen LogP contribution in [0, 0.1) is 0 Å². The van der Waals surface area contributed by atoms with Gasteiger partial charge in [-0.2, -0.15) is 0 Å². The minimum Gasteiger partial charge on any atom is -0.508 e. The molecule has 13 heteroatoms. The highest BCUT2D eigenvalue weighted by atomic mass is 16.7. The molecule has 0 aliphatic carbocycles. The van der Waals surface area contributed by atoms with E-state index >= 15 is 0 Å². The number of phenolic OH excluding ortho intramolecular Hbond substituents is 4. The van der Waals surface area contributed by atoms with Crippen LogP contribution in [0.25, 0.3) is 6.08 Å². The molecule has 3 aromatic carbocycles. The molecule has 43 heavy (non-hydrogen) atoms. The highest BCUT2D eigenvalue weighted by Gasteiger charge is 2.45. The van der Waals surface area contributed by atoms with E-state index in [1.165, 1.54) is 42.5 Å². The van der Waals surface area contributed by atoms with Gasteiger partial charge in [0, 0.05) is 18.2 Å². The molecule has 5 rings (SSSR count). The molecule has 0 saturated carbocycles. The van der Waals surface area contributed by atoms with Crippen LogP contribution >= 0.6 is 0 Å². The molecule has 3 aromatic rings. The van der Waals surface area contributed by atoms with Crippen molar-refractivity contribution >= 4 is 17.8 Å². The molecule has 0 bridgehead atoms. The van der Waals surface area contributed by atoms with Gasteiger partial charge in [-0.3, -0.25) is 4.79 Å². The van der Waals surface area contributed by atoms with E-state index < -0.39 is 66.7 Å². The highest BCUT2D eigenvalue weighted by molar-refractivity contribution is 6.02. The van der Waals surface area contributed by atoms with E-state index in [-0.39, 0.29) is 35.0 Å². The van der Waals surface area contributed by atoms with E-state index in [1.54, 1.807) is 12.1 Å². The summed E-state index contributed by atoms with van der Waals surface area (Å²) in [6, 6.07) is 12.3. The van der Waals surface area contributed by atoms with E-state index in [2.05, 4.69) is 0 Å². The molecule has 0 amide bonds. The van der Waals surface area contributed by atoms with Gasteiger partial charge in [-0.25, -0.2) is 4.79 Å². The van der Waals surface area contributed by atoms with Gasteiger partial charge in [0.15, 0.2) is 17.3 Å². The predicted octanol–water partition coefficient (Wildman–Crippen LogP) is 1.66. The summed E-state index contributed by atoms with van der Waals surface area (Å²) in [4.78, 5) is 25.0. The number of phenols is 4. The monoisotopic (exact) mass is 596 g/mol. The zero-order valence-electron chi connectivity index (χ0n) is 22.3. The van der Waals surface area contributed by atoms with Gasteiger partial charge in [-0.1, -0.05) is 18.2 Å². The van der Waals surface area contributed by atoms with Gasteiger partial charge in [0.2, 0.25) is 6.29 Å². The molecule has 13 nitrogen and oxygen atoms in total. The zero-order valence-corrected chi connectivity index (χ0v) is 22.3. The van der Waals surface area contributed by atoms with Crippen molar-refractivity contribution in [3.8, 4) is 34.5 Å². The molecule has 7 N–H and O–H groups in total. The Morgan fingerprint density at radius 1 is 0.884 bits per heavy atom. The van der Waals surface area contributed by atoms with Crippen LogP contribution < -0.4 is 9.47 Å². The Bertz CT molecular complexity index is 1530. The maximum Gasteiger partial charge on any atom is 0.330 e. The SMILES string of the molecule is O=C(/C=C/c1ccc(O)cc1)OC[C@H]1O[C@@H](Oc2cc(O)c3c(c2)O[C@H](c2ccc(O)c(O)c2)CC3=O)[C@H](O)[C@@H](O)[C@@H]1O. The number of hydrogen-bond donors (Lipinski definition) is 7. The number of aliphatic hydroxyl groups is 3. The second-order valence-corrected chi connectivity index (χ2v) is 9.98. The van der Waals surface area contributed by atoms with Crippen LogP contribution in [-0.4, -0.2) is 84.8 Å². The van der Waals surface area contributed by atoms with Crippen molar-refractivity contribution in [1.82, 2.24) is 0 Å². The number of ether oxygens (including phenoxy) is 4. The lowest BCUT2D eigenvalue weighted by molar-refractivity contribution is -0.278. The molecule has 0 spiro atoms. The Labute approximate surface area is 244 Å². The number of carbonyl (C=O) groups excluding carboxylic acids is 2. The predicted molar refractivity (Wildman–Crippen MR) is 146 cm³/mol. The van der Waals surface area contributed by atoms with Crippen molar-refractivity contribution in [2.24, 2.45) is 0 Å². The van der Waals surface area contributed by atoms with Crippen LogP contribution in [-0.2, 0) is 14.3 Å². The number of rotatable bonds is 7. The third-order valence-electron chi connectivity index (χ3n) is 6.96. The largest absolute Gasteiger partial charge is 0.508 e. The maximum atomic E-state index is 12.8. The number of hydrogen-bond acceptors (Lipinski definition) is 13. The van der Waals surface area contributed by atoms with Crippen LogP contribution in [0.4, 0.5) is 0 Å². The molecule has 0 aromatic heterocycles. The van der Waals surface area contributed by atoms with Crippen molar-refractivity contribution in [3.05, 3.63) is 77.4 Å². The molecule has 2 heterocycles. The van der Waals surface area contributed by atoms with E-state index in [1.807, 2.05) is 0 Å². The summed E-state index contributed by atoms with van der Waals surface area (Å²) in [6.45, 7) is -0.516. The van der Waals surface area contributed by atoms with Gasteiger partial charge in [0.1, 0.15) is 65.7 Å². The van der Waals surface area contributed by atoms with E-state index in [0.717, 1.165) is 12.1 Å². The number of Topliss-reactive ketones (excluding diaryl/α,β-unsaturated/α-hetero) is 1. The van der Waals surface area contributed by atoms with Gasteiger partial charge in [-0.15, -0.1) is 0 Å². The fraction of sp³-hybridized carbons (Fsp3) is 0.267. The minimum atomic E-state index is -1.76. The first-order valence-electron chi connectivity index (χ1n) is 13.1. The summed E-state index contributed by atoms with van der Waals surface area (Å²) in [5, 5.41) is 70.6. The third-order valence-corrected chi connectivity index (χ3v) is 6.96. The molecule has 6 atom stereocenters. The number of aliphatic hydroxyl groups excluding tert-OH is 3. The van der Waals surface area contributed by atoms with Crippen LogP contribution in [0.2, 0.25) is 0 Å². The summed E-state index contributed by atoms with van der Waals surface area (Å²) in [6.07, 6.45) is -6.55. The number of aromatic hydroxyl groups is 4. The first kappa shape index (κ1) is 29.7. The van der Waals surface area contributed by atoms with Gasteiger partial charge in [0.25, 0.3) is 0 Å². The van der Waals surface area contributed by atoms with Crippen LogP contribution in [0.1, 0.15) is 34.0 Å². The fourth-order valence-electron chi connectivity index (χ4n) is 4.66. The van der Waals surface area contributed by atoms with Gasteiger partial charge >= 0.3 is 5.97 Å². The topological polar surface area (TPSA) is 213 Å². The normalized spacial score (nSPS) is 25.1. The van der Waals surface area contributed by atoms with E-state index in [9.17, 15) is 45.3 Å². The molecule has 0 unspecified atom stereocenters. The number of fused-ring (bicyclic) bond motifs is 1. The van der Waals surface area contributed by atoms with E-state index in [4.69, 9.17) is 18.9 Å². The average molecular weight is 597 g/mol. The molecule has 1 saturated heterocycles. The lowest BCUT2D eigenvalue weighted by atomic mass is 9.95. The van der Waals surface area contributed by atoms with Crippen molar-refractivity contribution in [2.75, 3.05) is 6.61 Å². The van der Waals surface area contributed by atoms with E-state index in [0.29, 0.717) is 11.1 Å². The second-order valence-electron chi connectivity index (χ2n) is 9.98. The van der Waals surface area contributed by atoms with Gasteiger partial charge in [-0.05, 0) is 41.5 Å². The molecule has 1 fully saturated rings. The Morgan fingerprint density at radius 2 is 1.63 bits per heavy atom. The molecular formula is C30H28O13. The van der Waals surface area contributed by atoms with Crippen molar-refractivity contribution in [1.29, 1.82) is 0 Å². The van der Waals surface area contributed by atoms with Crippen LogP contribution in [0.5, 0.6) is 34.5 Å². The number of esters is 1. The fourth-order valence-corrected chi connectivity index (χ4v) is 4.66. The van der Waals surface area contributed by atoms with Gasteiger partial charge < -0.3 is 54.7 Å². The van der Waals surface area contributed by atoms with Gasteiger partial charge in [0.05, 0.1) is 6.42 Å². The highest BCUT2D eigenvalue weighted by Crippen LogP contribution is 2.43. The first-order valence-corrected chi connectivity index (χ1v) is 13.1. The summed E-state index contributed by atoms with van der Waals surface area (Å²) in [7, 11) is 0. The average Bonchev–Trinajstić information content (AvgIpc) is 2.97. The standard InChI is InChI=1S/C30H28O13/c31-16-5-1-14(2-6-16)3-8-25(36)40-13-24-27(37)28(38)29(39)30(43-24)41-17-10-20(34)26-21(35)12-22(42-23(26)11-17)15-4-7-18(32)19(33)9-15/h1-11,22,24,27-34,37-39H,12-13H2/b8-3+/t22-,24+,27+,28-,29+,30+/m0/s1. The number of carbonyl (C=O) groups is 2. The number of ketones is 1. The van der Waals surface area contributed by atoms with Crippen molar-refractivity contribution < 1.29 is 64.3 Å².